The third-order valence-electron chi connectivity index (χ3n) is 8.57. The molecule has 0 spiro atoms. The highest BCUT2D eigenvalue weighted by Gasteiger charge is 2.13. The Bertz CT molecular complexity index is 779. The van der Waals surface area contributed by atoms with Crippen LogP contribution in [0.1, 0.15) is 200 Å². The van der Waals surface area contributed by atoms with Crippen molar-refractivity contribution in [3.05, 3.63) is 48.6 Å². The molecule has 0 amide bonds. The van der Waals surface area contributed by atoms with Gasteiger partial charge in [-0.15, -0.1) is 0 Å². The van der Waals surface area contributed by atoms with E-state index in [1.165, 1.54) is 89.9 Å². The summed E-state index contributed by atoms with van der Waals surface area (Å²) in [5, 5.41) is 8.66. The van der Waals surface area contributed by atoms with Crippen LogP contribution in [0.2, 0.25) is 0 Å². The maximum Gasteiger partial charge on any atom is 0.306 e. The largest absolute Gasteiger partial charge is 0.481 e. The van der Waals surface area contributed by atoms with Crippen LogP contribution < -0.4 is 0 Å². The van der Waals surface area contributed by atoms with Crippen molar-refractivity contribution in [3.63, 3.8) is 0 Å². The number of esters is 1. The summed E-state index contributed by atoms with van der Waals surface area (Å²) in [5.74, 6) is -0.666. The lowest BCUT2D eigenvalue weighted by molar-refractivity contribution is -0.150. The zero-order valence-electron chi connectivity index (χ0n) is 30.4. The summed E-state index contributed by atoms with van der Waals surface area (Å²) < 4.78 is 5.91. The van der Waals surface area contributed by atoms with Gasteiger partial charge in [-0.1, -0.05) is 165 Å². The quantitative estimate of drug-likeness (QED) is 0.0424. The van der Waals surface area contributed by atoms with Crippen molar-refractivity contribution in [2.24, 2.45) is 0 Å². The molecule has 0 aliphatic carbocycles. The van der Waals surface area contributed by atoms with Crippen LogP contribution in [-0.4, -0.2) is 23.1 Å². The van der Waals surface area contributed by atoms with Crippen molar-refractivity contribution < 1.29 is 19.4 Å². The molecule has 1 N–H and O–H groups in total. The van der Waals surface area contributed by atoms with Gasteiger partial charge in [-0.2, -0.15) is 0 Å². The van der Waals surface area contributed by atoms with E-state index in [4.69, 9.17) is 9.84 Å². The number of carbonyl (C=O) groups excluding carboxylic acids is 1. The minimum atomic E-state index is -0.665. The van der Waals surface area contributed by atoms with E-state index in [1.54, 1.807) is 0 Å². The molecule has 0 heterocycles. The number of hydrogen-bond acceptors (Lipinski definition) is 3. The van der Waals surface area contributed by atoms with Gasteiger partial charge < -0.3 is 9.84 Å². The van der Waals surface area contributed by atoms with Gasteiger partial charge >= 0.3 is 11.9 Å². The Kier molecular flexibility index (Phi) is 35.7. The predicted octanol–water partition coefficient (Wildman–Crippen LogP) is 13.6. The van der Waals surface area contributed by atoms with Crippen molar-refractivity contribution >= 4 is 11.9 Å². The summed E-state index contributed by atoms with van der Waals surface area (Å²) in [4.78, 5) is 23.0. The minimum Gasteiger partial charge on any atom is -0.481 e. The summed E-state index contributed by atoms with van der Waals surface area (Å²) in [6, 6.07) is 0. The van der Waals surface area contributed by atoms with Crippen LogP contribution in [-0.2, 0) is 14.3 Å². The van der Waals surface area contributed by atoms with Gasteiger partial charge in [0.1, 0.15) is 6.10 Å². The molecule has 0 aromatic rings. The van der Waals surface area contributed by atoms with E-state index in [-0.39, 0.29) is 12.1 Å². The summed E-state index contributed by atoms with van der Waals surface area (Å²) in [7, 11) is 0. The van der Waals surface area contributed by atoms with Gasteiger partial charge in [-0.25, -0.2) is 0 Å². The molecule has 0 aliphatic heterocycles. The Morgan fingerprint density at radius 3 is 1.39 bits per heavy atom. The number of carboxylic acids is 1. The van der Waals surface area contributed by atoms with Gasteiger partial charge in [0.15, 0.2) is 0 Å². The molecule has 0 radical (unpaired) electrons. The topological polar surface area (TPSA) is 63.6 Å². The van der Waals surface area contributed by atoms with Crippen LogP contribution in [0.4, 0.5) is 0 Å². The highest BCUT2D eigenvalue weighted by atomic mass is 16.5. The molecule has 0 aromatic carbocycles. The third-order valence-corrected chi connectivity index (χ3v) is 8.57. The van der Waals surface area contributed by atoms with E-state index in [0.29, 0.717) is 12.8 Å². The molecular weight excluding hydrogens is 568 g/mol. The first-order chi connectivity index (χ1) is 22.6. The molecule has 1 unspecified atom stereocenters. The average Bonchev–Trinajstić information content (AvgIpc) is 3.04. The standard InChI is InChI=1S/C42H74O4/c1-3-5-7-8-9-10-11-12-15-20-23-26-29-32-35-39-42(45)46-40(36-6-4-2)37-33-30-27-24-21-18-16-13-14-17-19-22-25-28-31-34-38-41(43)44/h5,7,9-10,12,15,23,26,40H,3-4,6,8,11,13-14,16-22,24-25,27-39H2,1-2H3,(H,43,44)/b7-5-,10-9-,15-12-,26-23-. The van der Waals surface area contributed by atoms with E-state index in [0.717, 1.165) is 83.5 Å². The minimum absolute atomic E-state index is 0.000706. The van der Waals surface area contributed by atoms with Crippen molar-refractivity contribution in [2.45, 2.75) is 206 Å². The first-order valence-corrected chi connectivity index (χ1v) is 19.6. The number of rotatable bonds is 35. The Morgan fingerprint density at radius 1 is 0.500 bits per heavy atom. The Hall–Kier alpha value is -2.10. The van der Waals surface area contributed by atoms with E-state index in [9.17, 15) is 9.59 Å². The lowest BCUT2D eigenvalue weighted by Gasteiger charge is -2.18. The zero-order chi connectivity index (χ0) is 33.6. The smallest absolute Gasteiger partial charge is 0.306 e. The number of unbranched alkanes of at least 4 members (excludes halogenated alkanes) is 18. The maximum atomic E-state index is 12.5. The van der Waals surface area contributed by atoms with Crippen molar-refractivity contribution in [1.29, 1.82) is 0 Å². The lowest BCUT2D eigenvalue weighted by Crippen LogP contribution is -2.18. The van der Waals surface area contributed by atoms with Gasteiger partial charge in [0.05, 0.1) is 0 Å². The fourth-order valence-electron chi connectivity index (χ4n) is 5.69. The molecule has 0 aliphatic rings. The number of hydrogen-bond donors (Lipinski definition) is 1. The third kappa shape index (κ3) is 36.4. The van der Waals surface area contributed by atoms with Gasteiger partial charge in [0.2, 0.25) is 0 Å². The molecule has 4 heteroatoms. The zero-order valence-corrected chi connectivity index (χ0v) is 30.4. The summed E-state index contributed by atoms with van der Waals surface area (Å²) in [5.41, 5.74) is 0. The Labute approximate surface area is 285 Å². The SMILES string of the molecule is CC/C=C\C/C=C\C/C=C\C/C=C\CCCCC(=O)OC(CCCC)CCCCCCCCCCCCCCCCCCC(=O)O. The lowest BCUT2D eigenvalue weighted by atomic mass is 10.0. The van der Waals surface area contributed by atoms with E-state index < -0.39 is 5.97 Å². The molecule has 0 saturated carbocycles. The molecule has 0 aromatic heterocycles. The normalized spacial score (nSPS) is 12.7. The number of allylic oxidation sites excluding steroid dienone is 8. The van der Waals surface area contributed by atoms with Crippen LogP contribution >= 0.6 is 0 Å². The molecule has 0 fully saturated rings. The molecule has 266 valence electrons. The van der Waals surface area contributed by atoms with Crippen LogP contribution in [0, 0.1) is 0 Å². The first-order valence-electron chi connectivity index (χ1n) is 19.6. The number of ether oxygens (including phenoxy) is 1. The summed E-state index contributed by atoms with van der Waals surface area (Å²) >= 11 is 0. The van der Waals surface area contributed by atoms with Gasteiger partial charge in [-0.05, 0) is 70.6 Å². The second-order valence-electron chi connectivity index (χ2n) is 13.1. The molecular formula is C42H74O4. The highest BCUT2D eigenvalue weighted by molar-refractivity contribution is 5.69. The van der Waals surface area contributed by atoms with E-state index >= 15 is 0 Å². The predicted molar refractivity (Wildman–Crippen MR) is 199 cm³/mol. The van der Waals surface area contributed by atoms with Crippen LogP contribution in [0.25, 0.3) is 0 Å². The monoisotopic (exact) mass is 643 g/mol. The molecule has 0 saturated heterocycles. The number of carbonyl (C=O) groups is 2. The van der Waals surface area contributed by atoms with Crippen molar-refractivity contribution in [1.82, 2.24) is 0 Å². The van der Waals surface area contributed by atoms with Crippen LogP contribution in [0.15, 0.2) is 48.6 Å². The highest BCUT2D eigenvalue weighted by Crippen LogP contribution is 2.18. The van der Waals surface area contributed by atoms with Crippen molar-refractivity contribution in [3.8, 4) is 0 Å². The van der Waals surface area contributed by atoms with Gasteiger partial charge in [0, 0.05) is 12.8 Å². The Balaban J connectivity index is 3.69. The summed E-state index contributed by atoms with van der Waals surface area (Å²) in [6.45, 7) is 4.37. The van der Waals surface area contributed by atoms with Gasteiger partial charge in [0.25, 0.3) is 0 Å². The molecule has 0 bridgehead atoms. The van der Waals surface area contributed by atoms with Crippen LogP contribution in [0.3, 0.4) is 0 Å². The number of aliphatic carboxylic acids is 1. The Morgan fingerprint density at radius 2 is 0.913 bits per heavy atom. The van der Waals surface area contributed by atoms with E-state index in [1.807, 2.05) is 0 Å². The summed E-state index contributed by atoms with van der Waals surface area (Å²) in [6.07, 6.45) is 50.4. The molecule has 1 atom stereocenters. The van der Waals surface area contributed by atoms with Crippen molar-refractivity contribution in [2.75, 3.05) is 0 Å². The average molecular weight is 643 g/mol. The molecule has 46 heavy (non-hydrogen) atoms. The van der Waals surface area contributed by atoms with Crippen LogP contribution in [0.5, 0.6) is 0 Å². The van der Waals surface area contributed by atoms with Gasteiger partial charge in [-0.3, -0.25) is 9.59 Å². The second kappa shape index (κ2) is 37.4. The molecule has 0 rings (SSSR count). The fourth-order valence-corrected chi connectivity index (χ4v) is 5.69. The molecule has 4 nitrogen and oxygen atoms in total. The van der Waals surface area contributed by atoms with E-state index in [2.05, 4.69) is 62.5 Å². The first kappa shape index (κ1) is 43.9. The second-order valence-corrected chi connectivity index (χ2v) is 13.1. The number of carboxylic acid groups (broad SMARTS) is 1. The maximum absolute atomic E-state index is 12.5. The fraction of sp³-hybridized carbons (Fsp3) is 0.762.